The molecule has 0 saturated heterocycles. The van der Waals surface area contributed by atoms with Gasteiger partial charge in [0.1, 0.15) is 0 Å². The third-order valence-electron chi connectivity index (χ3n) is 2.36. The van der Waals surface area contributed by atoms with E-state index in [4.69, 9.17) is 15.4 Å². The SMILES string of the molecule is COC(C)Cc1ccccc1CS(=O)(=O)Cl. The highest BCUT2D eigenvalue weighted by atomic mass is 35.7. The van der Waals surface area contributed by atoms with Crippen LogP contribution in [0.3, 0.4) is 0 Å². The predicted octanol–water partition coefficient (Wildman–Crippen LogP) is 2.33. The third-order valence-corrected chi connectivity index (χ3v) is 3.34. The monoisotopic (exact) mass is 262 g/mol. The Morgan fingerprint density at radius 2 is 1.88 bits per heavy atom. The van der Waals surface area contributed by atoms with Crippen molar-refractivity contribution in [1.29, 1.82) is 0 Å². The van der Waals surface area contributed by atoms with Crippen LogP contribution in [0, 0.1) is 0 Å². The van der Waals surface area contributed by atoms with Crippen molar-refractivity contribution < 1.29 is 13.2 Å². The van der Waals surface area contributed by atoms with Crippen LogP contribution in [0.4, 0.5) is 0 Å². The van der Waals surface area contributed by atoms with Crippen LogP contribution in [0.5, 0.6) is 0 Å². The summed E-state index contributed by atoms with van der Waals surface area (Å²) in [5.74, 6) is -0.138. The van der Waals surface area contributed by atoms with Gasteiger partial charge in [-0.3, -0.25) is 0 Å². The largest absolute Gasteiger partial charge is 0.381 e. The van der Waals surface area contributed by atoms with Gasteiger partial charge in [0.25, 0.3) is 0 Å². The van der Waals surface area contributed by atoms with Crippen LogP contribution in [0.25, 0.3) is 0 Å². The molecule has 16 heavy (non-hydrogen) atoms. The van der Waals surface area contributed by atoms with E-state index in [1.807, 2.05) is 19.1 Å². The van der Waals surface area contributed by atoms with Crippen LogP contribution in [0.15, 0.2) is 24.3 Å². The number of hydrogen-bond donors (Lipinski definition) is 0. The molecule has 1 rings (SSSR count). The maximum atomic E-state index is 11.0. The lowest BCUT2D eigenvalue weighted by Crippen LogP contribution is -2.11. The molecule has 0 aliphatic carbocycles. The van der Waals surface area contributed by atoms with Crippen LogP contribution >= 0.6 is 10.7 Å². The first-order chi connectivity index (χ1) is 7.42. The average Bonchev–Trinajstić information content (AvgIpc) is 2.18. The lowest BCUT2D eigenvalue weighted by atomic mass is 10.0. The Labute approximate surface area is 101 Å². The Balaban J connectivity index is 2.92. The van der Waals surface area contributed by atoms with E-state index in [2.05, 4.69) is 0 Å². The summed E-state index contributed by atoms with van der Waals surface area (Å²) in [6.07, 6.45) is 0.734. The number of halogens is 1. The Morgan fingerprint density at radius 1 is 1.31 bits per heavy atom. The summed E-state index contributed by atoms with van der Waals surface area (Å²) < 4.78 is 27.2. The van der Waals surface area contributed by atoms with Crippen molar-refractivity contribution in [3.63, 3.8) is 0 Å². The summed E-state index contributed by atoms with van der Waals surface area (Å²) in [6, 6.07) is 7.35. The van der Waals surface area contributed by atoms with Crippen molar-refractivity contribution >= 4 is 19.7 Å². The van der Waals surface area contributed by atoms with Gasteiger partial charge in [-0.05, 0) is 24.5 Å². The van der Waals surface area contributed by atoms with E-state index in [1.54, 1.807) is 19.2 Å². The number of methoxy groups -OCH3 is 1. The standard InChI is InChI=1S/C11H15ClO3S/c1-9(15-2)7-10-5-3-4-6-11(10)8-16(12,13)14/h3-6,9H,7-8H2,1-2H3. The van der Waals surface area contributed by atoms with E-state index in [1.165, 1.54) is 0 Å². The number of hydrogen-bond acceptors (Lipinski definition) is 3. The summed E-state index contributed by atoms with van der Waals surface area (Å²) >= 11 is 0. The molecule has 0 fully saturated rings. The quantitative estimate of drug-likeness (QED) is 0.765. The summed E-state index contributed by atoms with van der Waals surface area (Å²) in [6.45, 7) is 1.94. The predicted molar refractivity (Wildman–Crippen MR) is 65.1 cm³/mol. The molecular formula is C11H15ClO3S. The molecule has 1 atom stereocenters. The van der Waals surface area contributed by atoms with Crippen molar-refractivity contribution in [3.05, 3.63) is 35.4 Å². The van der Waals surface area contributed by atoms with E-state index in [0.29, 0.717) is 6.42 Å². The van der Waals surface area contributed by atoms with Gasteiger partial charge >= 0.3 is 0 Å². The van der Waals surface area contributed by atoms with Crippen molar-refractivity contribution in [1.82, 2.24) is 0 Å². The smallest absolute Gasteiger partial charge is 0.236 e. The van der Waals surface area contributed by atoms with E-state index >= 15 is 0 Å². The summed E-state index contributed by atoms with van der Waals surface area (Å²) in [5.41, 5.74) is 1.70. The Kier molecular flexibility index (Phi) is 4.77. The molecule has 0 amide bonds. The fourth-order valence-electron chi connectivity index (χ4n) is 1.48. The van der Waals surface area contributed by atoms with Crippen molar-refractivity contribution in [2.75, 3.05) is 7.11 Å². The minimum Gasteiger partial charge on any atom is -0.381 e. The van der Waals surface area contributed by atoms with E-state index in [9.17, 15) is 8.42 Å². The van der Waals surface area contributed by atoms with Crippen LogP contribution < -0.4 is 0 Å². The van der Waals surface area contributed by atoms with Gasteiger partial charge in [-0.15, -0.1) is 0 Å². The second-order valence-electron chi connectivity index (χ2n) is 3.70. The zero-order valence-electron chi connectivity index (χ0n) is 9.31. The molecule has 1 aromatic carbocycles. The first-order valence-electron chi connectivity index (χ1n) is 4.94. The highest BCUT2D eigenvalue weighted by Crippen LogP contribution is 2.17. The topological polar surface area (TPSA) is 43.4 Å². The molecule has 0 radical (unpaired) electrons. The van der Waals surface area contributed by atoms with Crippen LogP contribution in [-0.2, 0) is 26.0 Å². The summed E-state index contributed by atoms with van der Waals surface area (Å²) in [7, 11) is 3.37. The maximum Gasteiger partial charge on any atom is 0.236 e. The molecule has 1 unspecified atom stereocenters. The van der Waals surface area contributed by atoms with E-state index < -0.39 is 9.05 Å². The molecule has 90 valence electrons. The van der Waals surface area contributed by atoms with Gasteiger partial charge in [0.05, 0.1) is 11.9 Å². The van der Waals surface area contributed by atoms with Gasteiger partial charge < -0.3 is 4.74 Å². The second-order valence-corrected chi connectivity index (χ2v) is 6.48. The molecule has 5 heteroatoms. The number of benzene rings is 1. The Hall–Kier alpha value is -0.580. The lowest BCUT2D eigenvalue weighted by Gasteiger charge is -2.12. The first-order valence-corrected chi connectivity index (χ1v) is 7.42. The van der Waals surface area contributed by atoms with E-state index in [0.717, 1.165) is 11.1 Å². The van der Waals surface area contributed by atoms with Crippen LogP contribution in [0.1, 0.15) is 18.1 Å². The molecule has 0 aliphatic rings. The molecule has 0 aromatic heterocycles. The molecule has 0 heterocycles. The molecule has 0 N–H and O–H groups in total. The Morgan fingerprint density at radius 3 is 2.38 bits per heavy atom. The Bertz CT molecular complexity index is 442. The normalized spacial score (nSPS) is 13.7. The molecule has 0 aliphatic heterocycles. The average molecular weight is 263 g/mol. The molecular weight excluding hydrogens is 248 g/mol. The van der Waals surface area contributed by atoms with Gasteiger partial charge in [0.2, 0.25) is 9.05 Å². The van der Waals surface area contributed by atoms with E-state index in [-0.39, 0.29) is 11.9 Å². The van der Waals surface area contributed by atoms with Crippen molar-refractivity contribution in [2.45, 2.75) is 25.2 Å². The van der Waals surface area contributed by atoms with Crippen LogP contribution in [0.2, 0.25) is 0 Å². The molecule has 0 bridgehead atoms. The molecule has 3 nitrogen and oxygen atoms in total. The fraction of sp³-hybridized carbons (Fsp3) is 0.455. The summed E-state index contributed by atoms with van der Waals surface area (Å²) in [5, 5.41) is 0. The number of ether oxygens (including phenoxy) is 1. The van der Waals surface area contributed by atoms with Gasteiger partial charge in [0, 0.05) is 17.8 Å². The van der Waals surface area contributed by atoms with Crippen LogP contribution in [-0.4, -0.2) is 21.6 Å². The first kappa shape index (κ1) is 13.5. The zero-order chi connectivity index (χ0) is 12.2. The number of rotatable bonds is 5. The lowest BCUT2D eigenvalue weighted by molar-refractivity contribution is 0.118. The van der Waals surface area contributed by atoms with Gasteiger partial charge in [0.15, 0.2) is 0 Å². The highest BCUT2D eigenvalue weighted by Gasteiger charge is 2.12. The zero-order valence-corrected chi connectivity index (χ0v) is 10.9. The minimum atomic E-state index is -3.51. The van der Waals surface area contributed by atoms with Gasteiger partial charge in [-0.25, -0.2) is 8.42 Å². The van der Waals surface area contributed by atoms with Crippen molar-refractivity contribution in [2.24, 2.45) is 0 Å². The maximum absolute atomic E-state index is 11.0. The van der Waals surface area contributed by atoms with Crippen molar-refractivity contribution in [3.8, 4) is 0 Å². The molecule has 0 saturated carbocycles. The third kappa shape index (κ3) is 4.51. The summed E-state index contributed by atoms with van der Waals surface area (Å²) in [4.78, 5) is 0. The highest BCUT2D eigenvalue weighted by molar-refractivity contribution is 8.13. The second kappa shape index (κ2) is 5.66. The van der Waals surface area contributed by atoms with Gasteiger partial charge in [-0.2, -0.15) is 0 Å². The molecule has 0 spiro atoms. The fourth-order valence-corrected chi connectivity index (χ4v) is 2.48. The minimum absolute atomic E-state index is 0.0548. The van der Waals surface area contributed by atoms with Gasteiger partial charge in [-0.1, -0.05) is 24.3 Å². The molecule has 1 aromatic rings.